The maximum Gasteiger partial charge on any atom is 0.416 e. The zero-order valence-electron chi connectivity index (χ0n) is 19.3. The van der Waals surface area contributed by atoms with Gasteiger partial charge in [-0.1, -0.05) is 6.07 Å². The van der Waals surface area contributed by atoms with Crippen LogP contribution in [0.4, 0.5) is 24.7 Å². The number of halogens is 3. The summed E-state index contributed by atoms with van der Waals surface area (Å²) in [6.07, 6.45) is -2.54. The van der Waals surface area contributed by atoms with E-state index in [1.807, 2.05) is 36.9 Å². The number of alkyl halides is 3. The molecule has 6 nitrogen and oxygen atoms in total. The van der Waals surface area contributed by atoms with E-state index in [1.165, 1.54) is 6.07 Å². The first-order valence-corrected chi connectivity index (χ1v) is 11.8. The number of anilines is 2. The monoisotopic (exact) mass is 474 g/mol. The van der Waals surface area contributed by atoms with Crippen molar-refractivity contribution in [1.29, 1.82) is 0 Å². The number of benzene rings is 1. The fraction of sp³-hybridized carbons (Fsp3) is 0.520. The summed E-state index contributed by atoms with van der Waals surface area (Å²) >= 11 is 0. The Balaban J connectivity index is 1.49. The summed E-state index contributed by atoms with van der Waals surface area (Å²) in [5.41, 5.74) is 0.716. The Morgan fingerprint density at radius 3 is 2.50 bits per heavy atom. The van der Waals surface area contributed by atoms with Crippen molar-refractivity contribution in [3.63, 3.8) is 0 Å². The molecule has 0 saturated carbocycles. The maximum atomic E-state index is 13.8. The quantitative estimate of drug-likeness (QED) is 0.666. The highest BCUT2D eigenvalue weighted by Crippen LogP contribution is 2.40. The van der Waals surface area contributed by atoms with Gasteiger partial charge in [-0.2, -0.15) is 13.2 Å². The van der Waals surface area contributed by atoms with Crippen molar-refractivity contribution in [2.24, 2.45) is 5.92 Å². The molecule has 1 amide bonds. The Morgan fingerprint density at radius 1 is 1.06 bits per heavy atom. The van der Waals surface area contributed by atoms with Crippen molar-refractivity contribution < 1.29 is 22.7 Å². The number of piperazine rings is 1. The standard InChI is InChI=1S/C25H29F3N4O2/c1-16-13-31(14-17(2)34-16)24(33)20-12-18-11-19(25(26,27)28)6-7-21(18)32-10-9-30(15-22(20)32)23-5-3-4-8-29-23/h3-8,11,16-17,20,22H,9-10,12-15H2,1-2H3/t16-,17+,20-,22-/m1/s1. The van der Waals surface area contributed by atoms with Crippen LogP contribution < -0.4 is 9.80 Å². The minimum Gasteiger partial charge on any atom is -0.372 e. The summed E-state index contributed by atoms with van der Waals surface area (Å²) in [6.45, 7) is 6.75. The molecule has 1 aromatic heterocycles. The number of morpholine rings is 1. The SMILES string of the molecule is C[C@@H]1CN(C(=O)[C@@H]2Cc3cc(C(F)(F)F)ccc3N3CCN(c4ccccn4)C[C@H]23)C[C@H](C)O1. The second-order valence-corrected chi connectivity index (χ2v) is 9.55. The molecule has 2 aromatic rings. The molecular weight excluding hydrogens is 445 g/mol. The van der Waals surface area contributed by atoms with Crippen LogP contribution in [0.1, 0.15) is 25.0 Å². The van der Waals surface area contributed by atoms with Gasteiger partial charge >= 0.3 is 6.18 Å². The highest BCUT2D eigenvalue weighted by Gasteiger charge is 2.45. The number of hydrogen-bond donors (Lipinski definition) is 0. The minimum absolute atomic E-state index is 0.0112. The van der Waals surface area contributed by atoms with E-state index in [-0.39, 0.29) is 30.6 Å². The molecule has 2 fully saturated rings. The fourth-order valence-electron chi connectivity index (χ4n) is 5.63. The molecule has 5 rings (SSSR count). The van der Waals surface area contributed by atoms with Gasteiger partial charge in [0.05, 0.1) is 29.7 Å². The van der Waals surface area contributed by atoms with Gasteiger partial charge in [-0.15, -0.1) is 0 Å². The number of pyridine rings is 1. The second kappa shape index (κ2) is 8.76. The third-order valence-electron chi connectivity index (χ3n) is 7.06. The predicted molar refractivity (Wildman–Crippen MR) is 123 cm³/mol. The van der Waals surface area contributed by atoms with Gasteiger partial charge in [0, 0.05) is 44.6 Å². The highest BCUT2D eigenvalue weighted by atomic mass is 19.4. The van der Waals surface area contributed by atoms with Crippen molar-refractivity contribution in [3.8, 4) is 0 Å². The Kier molecular flexibility index (Phi) is 5.91. The Bertz CT molecular complexity index is 1040. The smallest absolute Gasteiger partial charge is 0.372 e. The van der Waals surface area contributed by atoms with E-state index in [0.717, 1.165) is 17.6 Å². The van der Waals surface area contributed by atoms with Gasteiger partial charge < -0.3 is 19.4 Å². The molecule has 0 N–H and O–H groups in total. The van der Waals surface area contributed by atoms with E-state index in [0.29, 0.717) is 38.3 Å². The van der Waals surface area contributed by atoms with E-state index in [4.69, 9.17) is 4.74 Å². The van der Waals surface area contributed by atoms with Crippen LogP contribution in [0.5, 0.6) is 0 Å². The van der Waals surface area contributed by atoms with Crippen molar-refractivity contribution in [1.82, 2.24) is 9.88 Å². The average molecular weight is 475 g/mol. The van der Waals surface area contributed by atoms with Gasteiger partial charge in [0.1, 0.15) is 5.82 Å². The van der Waals surface area contributed by atoms with Gasteiger partial charge in [0.2, 0.25) is 5.91 Å². The van der Waals surface area contributed by atoms with Gasteiger partial charge in [-0.05, 0) is 56.2 Å². The van der Waals surface area contributed by atoms with Crippen LogP contribution in [0, 0.1) is 5.92 Å². The van der Waals surface area contributed by atoms with E-state index < -0.39 is 17.7 Å². The van der Waals surface area contributed by atoms with Gasteiger partial charge in [0.15, 0.2) is 0 Å². The third kappa shape index (κ3) is 4.33. The number of carbonyl (C=O) groups is 1. The molecule has 3 aliphatic heterocycles. The fourth-order valence-corrected chi connectivity index (χ4v) is 5.63. The molecule has 9 heteroatoms. The first kappa shape index (κ1) is 23.0. The Labute approximate surface area is 197 Å². The van der Waals surface area contributed by atoms with Crippen LogP contribution in [0.25, 0.3) is 0 Å². The summed E-state index contributed by atoms with van der Waals surface area (Å²) in [5, 5.41) is 0. The lowest BCUT2D eigenvalue weighted by atomic mass is 9.82. The van der Waals surface area contributed by atoms with Crippen LogP contribution >= 0.6 is 0 Å². The van der Waals surface area contributed by atoms with Crippen molar-refractivity contribution >= 4 is 17.4 Å². The summed E-state index contributed by atoms with van der Waals surface area (Å²) in [4.78, 5) is 24.4. The topological polar surface area (TPSA) is 48.9 Å². The predicted octanol–water partition coefficient (Wildman–Crippen LogP) is 3.60. The molecule has 0 spiro atoms. The Hall–Kier alpha value is -2.81. The van der Waals surface area contributed by atoms with Crippen molar-refractivity contribution in [2.45, 2.75) is 44.7 Å². The summed E-state index contributed by atoms with van der Waals surface area (Å²) < 4.78 is 46.1. The first-order chi connectivity index (χ1) is 16.2. The van der Waals surface area contributed by atoms with Crippen molar-refractivity contribution in [2.75, 3.05) is 42.5 Å². The zero-order chi connectivity index (χ0) is 24.0. The molecule has 0 radical (unpaired) electrons. The average Bonchev–Trinajstić information content (AvgIpc) is 2.81. The second-order valence-electron chi connectivity index (χ2n) is 9.55. The summed E-state index contributed by atoms with van der Waals surface area (Å²) in [7, 11) is 0. The minimum atomic E-state index is -4.42. The molecular formula is C25H29F3N4O2. The number of rotatable bonds is 2. The van der Waals surface area contributed by atoms with Crippen LogP contribution in [0.3, 0.4) is 0 Å². The van der Waals surface area contributed by atoms with Crippen LogP contribution in [-0.2, 0) is 22.1 Å². The van der Waals surface area contributed by atoms with Gasteiger partial charge in [-0.3, -0.25) is 4.79 Å². The highest BCUT2D eigenvalue weighted by molar-refractivity contribution is 5.82. The van der Waals surface area contributed by atoms with Crippen molar-refractivity contribution in [3.05, 3.63) is 53.7 Å². The van der Waals surface area contributed by atoms with Crippen LogP contribution in [-0.4, -0.2) is 66.8 Å². The molecule has 0 aliphatic carbocycles. The number of carbonyl (C=O) groups excluding carboxylic acids is 1. The molecule has 0 unspecified atom stereocenters. The van der Waals surface area contributed by atoms with E-state index >= 15 is 0 Å². The molecule has 4 heterocycles. The number of aromatic nitrogens is 1. The molecule has 1 aromatic carbocycles. The largest absolute Gasteiger partial charge is 0.416 e. The third-order valence-corrected chi connectivity index (χ3v) is 7.06. The van der Waals surface area contributed by atoms with Gasteiger partial charge in [-0.25, -0.2) is 4.98 Å². The molecule has 4 atom stereocenters. The molecule has 2 saturated heterocycles. The Morgan fingerprint density at radius 2 is 1.82 bits per heavy atom. The van der Waals surface area contributed by atoms with E-state index in [9.17, 15) is 18.0 Å². The number of nitrogens with zero attached hydrogens (tertiary/aromatic N) is 4. The number of hydrogen-bond acceptors (Lipinski definition) is 5. The lowest BCUT2D eigenvalue weighted by molar-refractivity contribution is -0.148. The van der Waals surface area contributed by atoms with Crippen LogP contribution in [0.2, 0.25) is 0 Å². The molecule has 34 heavy (non-hydrogen) atoms. The van der Waals surface area contributed by atoms with E-state index in [1.54, 1.807) is 12.3 Å². The molecule has 182 valence electrons. The molecule has 3 aliphatic rings. The molecule has 0 bridgehead atoms. The summed E-state index contributed by atoms with van der Waals surface area (Å²) in [6, 6.07) is 9.53. The van der Waals surface area contributed by atoms with Gasteiger partial charge in [0.25, 0.3) is 0 Å². The normalized spacial score (nSPS) is 27.3. The number of ether oxygens (including phenoxy) is 1. The first-order valence-electron chi connectivity index (χ1n) is 11.8. The lowest BCUT2D eigenvalue weighted by Crippen LogP contribution is -2.62. The maximum absolute atomic E-state index is 13.8. The van der Waals surface area contributed by atoms with E-state index in [2.05, 4.69) is 14.8 Å². The zero-order valence-corrected chi connectivity index (χ0v) is 19.3. The number of fused-ring (bicyclic) bond motifs is 3. The lowest BCUT2D eigenvalue weighted by Gasteiger charge is -2.50. The summed E-state index contributed by atoms with van der Waals surface area (Å²) in [5.74, 6) is 0.392. The number of amides is 1. The van der Waals surface area contributed by atoms with Crippen LogP contribution in [0.15, 0.2) is 42.6 Å².